The number of esters is 1. The van der Waals surface area contributed by atoms with Crippen molar-refractivity contribution >= 4 is 41.0 Å². The molecule has 1 atom stereocenters. The molecule has 0 bridgehead atoms. The zero-order valence-corrected chi connectivity index (χ0v) is 27.8. The zero-order valence-electron chi connectivity index (χ0n) is 26.2. The second kappa shape index (κ2) is 14.7. The van der Waals surface area contributed by atoms with Gasteiger partial charge in [0.25, 0.3) is 5.56 Å². The highest BCUT2D eigenvalue weighted by molar-refractivity contribution is 7.07. The Morgan fingerprint density at radius 3 is 2.49 bits per heavy atom. The van der Waals surface area contributed by atoms with Crippen LogP contribution >= 0.6 is 22.9 Å². The van der Waals surface area contributed by atoms with Crippen LogP contribution in [-0.4, -0.2) is 42.4 Å². The molecular formula is C35H33ClN2O8S. The number of allylic oxidation sites excluding steroid dienone is 1. The molecule has 0 unspecified atom stereocenters. The van der Waals surface area contributed by atoms with Crippen LogP contribution in [0.1, 0.15) is 59.8 Å². The summed E-state index contributed by atoms with van der Waals surface area (Å²) >= 11 is 7.64. The minimum Gasteiger partial charge on any atom is -0.496 e. The number of benzene rings is 3. The van der Waals surface area contributed by atoms with Crippen molar-refractivity contribution in [3.05, 3.63) is 119 Å². The Morgan fingerprint density at radius 2 is 1.79 bits per heavy atom. The van der Waals surface area contributed by atoms with Crippen LogP contribution in [-0.2, 0) is 16.1 Å². The van der Waals surface area contributed by atoms with Crippen LogP contribution < -0.4 is 29.1 Å². The van der Waals surface area contributed by atoms with Crippen molar-refractivity contribution in [2.24, 2.45) is 4.99 Å². The van der Waals surface area contributed by atoms with Gasteiger partial charge in [0, 0.05) is 10.6 Å². The smallest absolute Gasteiger partial charge is 0.338 e. The number of aromatic nitrogens is 1. The predicted octanol–water partition coefficient (Wildman–Crippen LogP) is 5.53. The largest absolute Gasteiger partial charge is 0.496 e. The minimum absolute atomic E-state index is 0.130. The number of halogens is 1. The number of hydrogen-bond donors (Lipinski definition) is 1. The first kappa shape index (κ1) is 33.5. The van der Waals surface area contributed by atoms with Crippen LogP contribution in [0, 0.1) is 0 Å². The Bertz CT molecular complexity index is 2050. The predicted molar refractivity (Wildman–Crippen MR) is 178 cm³/mol. The maximum atomic E-state index is 14.2. The fourth-order valence-corrected chi connectivity index (χ4v) is 6.53. The number of carboxylic acids is 1. The van der Waals surface area contributed by atoms with Gasteiger partial charge in [-0.25, -0.2) is 14.6 Å². The summed E-state index contributed by atoms with van der Waals surface area (Å²) in [6.45, 7) is 4.00. The second-order valence-corrected chi connectivity index (χ2v) is 11.9. The van der Waals surface area contributed by atoms with Gasteiger partial charge in [0.15, 0.2) is 16.3 Å². The lowest BCUT2D eigenvalue weighted by atomic mass is 9.93. The fraction of sp³-hybridized carbons (Fsp3) is 0.257. The van der Waals surface area contributed by atoms with E-state index in [9.17, 15) is 19.5 Å². The summed E-state index contributed by atoms with van der Waals surface area (Å²) in [4.78, 5) is 44.2. The summed E-state index contributed by atoms with van der Waals surface area (Å²) in [7, 11) is 3.03. The first-order valence-corrected chi connectivity index (χ1v) is 16.1. The van der Waals surface area contributed by atoms with Gasteiger partial charge in [0.2, 0.25) is 0 Å². The lowest BCUT2D eigenvalue weighted by molar-refractivity contribution is -0.139. The van der Waals surface area contributed by atoms with Gasteiger partial charge in [-0.15, -0.1) is 0 Å². The Labute approximate surface area is 279 Å². The molecule has 2 heterocycles. The van der Waals surface area contributed by atoms with Crippen molar-refractivity contribution in [3.63, 3.8) is 0 Å². The SMILES string of the molecule is CCCC1=C(C(=O)OCC)[C@@H](c2cc(Cl)ccc2OC)n2c(s/c(=C/c3ccc(OCc4cccc(C(=O)O)c4)c(OC)c3)c2=O)=N1. The summed E-state index contributed by atoms with van der Waals surface area (Å²) in [6, 6.07) is 15.9. The number of fused-ring (bicyclic) bond motifs is 1. The standard InChI is InChI=1S/C35H33ClN2O8S/c1-5-8-25-30(34(42)45-6-2)31(24-18-23(36)12-14-26(24)43-3)38-32(39)29(47-35(38)37-25)17-20-11-13-27(28(16-20)44-4)46-19-21-9-7-10-22(15-21)33(40)41/h7,9-18,31H,5-6,8,19H2,1-4H3,(H,40,41)/b29-17+/t31-/m1/s1. The quantitative estimate of drug-likeness (QED) is 0.194. The molecule has 47 heavy (non-hydrogen) atoms. The van der Waals surface area contributed by atoms with Crippen molar-refractivity contribution in [1.29, 1.82) is 0 Å². The number of aromatic carboxylic acids is 1. The molecular weight excluding hydrogens is 644 g/mol. The average Bonchev–Trinajstić information content (AvgIpc) is 3.37. The van der Waals surface area contributed by atoms with Crippen molar-refractivity contribution in [2.45, 2.75) is 39.3 Å². The van der Waals surface area contributed by atoms with Crippen LogP contribution in [0.25, 0.3) is 6.08 Å². The van der Waals surface area contributed by atoms with Gasteiger partial charge in [0.05, 0.1) is 42.2 Å². The van der Waals surface area contributed by atoms with Crippen LogP contribution in [0.5, 0.6) is 17.2 Å². The van der Waals surface area contributed by atoms with Gasteiger partial charge in [-0.3, -0.25) is 9.36 Å². The lowest BCUT2D eigenvalue weighted by Gasteiger charge is -2.27. The highest BCUT2D eigenvalue weighted by Gasteiger charge is 2.36. The number of rotatable bonds is 12. The molecule has 0 saturated heterocycles. The third-order valence-electron chi connectivity index (χ3n) is 7.43. The third-order valence-corrected chi connectivity index (χ3v) is 8.65. The maximum Gasteiger partial charge on any atom is 0.338 e. The molecule has 1 aliphatic rings. The highest BCUT2D eigenvalue weighted by Crippen LogP contribution is 2.38. The molecule has 0 amide bonds. The van der Waals surface area contributed by atoms with E-state index in [0.29, 0.717) is 60.4 Å². The summed E-state index contributed by atoms with van der Waals surface area (Å²) < 4.78 is 24.5. The van der Waals surface area contributed by atoms with E-state index in [-0.39, 0.29) is 29.9 Å². The summed E-state index contributed by atoms with van der Waals surface area (Å²) in [6.07, 6.45) is 2.94. The molecule has 0 fully saturated rings. The Balaban J connectivity index is 1.59. The Hall–Kier alpha value is -4.87. The van der Waals surface area contributed by atoms with Gasteiger partial charge >= 0.3 is 11.9 Å². The maximum absolute atomic E-state index is 14.2. The number of carboxylic acid groups (broad SMARTS) is 1. The number of carbonyl (C=O) groups excluding carboxylic acids is 1. The number of hydrogen-bond acceptors (Lipinski definition) is 9. The van der Waals surface area contributed by atoms with Crippen LogP contribution in [0.15, 0.2) is 81.7 Å². The average molecular weight is 677 g/mol. The number of thiazole rings is 1. The van der Waals surface area contributed by atoms with Gasteiger partial charge in [0.1, 0.15) is 18.4 Å². The van der Waals surface area contributed by atoms with Gasteiger partial charge < -0.3 is 24.1 Å². The number of nitrogens with zero attached hydrogens (tertiary/aromatic N) is 2. The molecule has 10 nitrogen and oxygen atoms in total. The number of ether oxygens (including phenoxy) is 4. The van der Waals surface area contributed by atoms with Crippen LogP contribution in [0.2, 0.25) is 5.02 Å². The van der Waals surface area contributed by atoms with Crippen molar-refractivity contribution in [1.82, 2.24) is 4.57 Å². The molecule has 0 aliphatic carbocycles. The molecule has 4 aromatic rings. The molecule has 1 aliphatic heterocycles. The summed E-state index contributed by atoms with van der Waals surface area (Å²) in [5.74, 6) is -0.240. The normalized spacial score (nSPS) is 14.3. The topological polar surface area (TPSA) is 126 Å². The summed E-state index contributed by atoms with van der Waals surface area (Å²) in [5.41, 5.74) is 2.53. The fourth-order valence-electron chi connectivity index (χ4n) is 5.33. The number of carbonyl (C=O) groups is 2. The molecule has 5 rings (SSSR count). The van der Waals surface area contributed by atoms with E-state index in [0.717, 1.165) is 6.42 Å². The molecule has 244 valence electrons. The highest BCUT2D eigenvalue weighted by atomic mass is 35.5. The molecule has 0 radical (unpaired) electrons. The van der Waals surface area contributed by atoms with E-state index in [1.807, 2.05) is 6.92 Å². The van der Waals surface area contributed by atoms with Gasteiger partial charge in [-0.05, 0) is 73.0 Å². The molecule has 0 spiro atoms. The van der Waals surface area contributed by atoms with Gasteiger partial charge in [-0.1, -0.05) is 54.5 Å². The van der Waals surface area contributed by atoms with Crippen LogP contribution in [0.3, 0.4) is 0 Å². The van der Waals surface area contributed by atoms with E-state index >= 15 is 0 Å². The van der Waals surface area contributed by atoms with Crippen molar-refractivity contribution < 1.29 is 33.6 Å². The molecule has 0 saturated carbocycles. The molecule has 1 N–H and O–H groups in total. The monoisotopic (exact) mass is 676 g/mol. The van der Waals surface area contributed by atoms with Crippen molar-refractivity contribution in [3.8, 4) is 17.2 Å². The first-order chi connectivity index (χ1) is 22.7. The minimum atomic E-state index is -1.02. The molecule has 3 aromatic carbocycles. The number of methoxy groups -OCH3 is 2. The first-order valence-electron chi connectivity index (χ1n) is 14.9. The summed E-state index contributed by atoms with van der Waals surface area (Å²) in [5, 5.41) is 9.70. The van der Waals surface area contributed by atoms with E-state index in [4.69, 9.17) is 35.5 Å². The van der Waals surface area contributed by atoms with E-state index in [1.54, 1.807) is 67.6 Å². The van der Waals surface area contributed by atoms with Gasteiger partial charge in [-0.2, -0.15) is 0 Å². The Morgan fingerprint density at radius 1 is 1.02 bits per heavy atom. The molecule has 1 aromatic heterocycles. The lowest BCUT2D eigenvalue weighted by Crippen LogP contribution is -2.40. The van der Waals surface area contributed by atoms with Crippen molar-refractivity contribution in [2.75, 3.05) is 20.8 Å². The Kier molecular flexibility index (Phi) is 10.5. The zero-order chi connectivity index (χ0) is 33.7. The van der Waals surface area contributed by atoms with E-state index < -0.39 is 18.0 Å². The van der Waals surface area contributed by atoms with E-state index in [1.165, 1.54) is 36.2 Å². The second-order valence-electron chi connectivity index (χ2n) is 10.5. The van der Waals surface area contributed by atoms with E-state index in [2.05, 4.69) is 0 Å². The van der Waals surface area contributed by atoms with Crippen LogP contribution in [0.4, 0.5) is 0 Å². The third kappa shape index (κ3) is 7.11. The molecule has 12 heteroatoms.